The van der Waals surface area contributed by atoms with Crippen LogP contribution in [0.1, 0.15) is 29.8 Å². The van der Waals surface area contributed by atoms with Gasteiger partial charge in [0.1, 0.15) is 0 Å². The van der Waals surface area contributed by atoms with E-state index in [9.17, 15) is 4.79 Å². The average molecular weight is 249 g/mol. The SMILES string of the molecule is CCOC(C#Cc1cncc(C(=O)O)c1)OCC. The minimum Gasteiger partial charge on any atom is -0.478 e. The van der Waals surface area contributed by atoms with E-state index < -0.39 is 12.3 Å². The van der Waals surface area contributed by atoms with Crippen LogP contribution in [0.5, 0.6) is 0 Å². The molecule has 0 spiro atoms. The Hall–Kier alpha value is -1.90. The highest BCUT2D eigenvalue weighted by atomic mass is 16.7. The van der Waals surface area contributed by atoms with E-state index in [1.165, 1.54) is 18.5 Å². The van der Waals surface area contributed by atoms with E-state index >= 15 is 0 Å². The fourth-order valence-electron chi connectivity index (χ4n) is 1.20. The van der Waals surface area contributed by atoms with E-state index in [4.69, 9.17) is 14.6 Å². The number of carbonyl (C=O) groups is 1. The van der Waals surface area contributed by atoms with Gasteiger partial charge in [0.05, 0.1) is 5.56 Å². The van der Waals surface area contributed by atoms with E-state index in [0.29, 0.717) is 18.8 Å². The summed E-state index contributed by atoms with van der Waals surface area (Å²) in [6.45, 7) is 4.68. The van der Waals surface area contributed by atoms with Gasteiger partial charge in [0.15, 0.2) is 0 Å². The van der Waals surface area contributed by atoms with Crippen molar-refractivity contribution in [3.8, 4) is 11.8 Å². The molecule has 0 aliphatic heterocycles. The second-order valence-corrected chi connectivity index (χ2v) is 3.28. The van der Waals surface area contributed by atoms with Crippen LogP contribution in [-0.2, 0) is 9.47 Å². The Morgan fingerprint density at radius 1 is 1.39 bits per heavy atom. The van der Waals surface area contributed by atoms with Gasteiger partial charge in [-0.2, -0.15) is 0 Å². The summed E-state index contributed by atoms with van der Waals surface area (Å²) in [5.41, 5.74) is 0.616. The summed E-state index contributed by atoms with van der Waals surface area (Å²) in [6, 6.07) is 1.46. The number of ether oxygens (including phenoxy) is 2. The zero-order valence-electron chi connectivity index (χ0n) is 10.3. The molecule has 1 rings (SSSR count). The molecule has 0 saturated heterocycles. The van der Waals surface area contributed by atoms with Crippen molar-refractivity contribution in [2.24, 2.45) is 0 Å². The highest BCUT2D eigenvalue weighted by Gasteiger charge is 2.04. The lowest BCUT2D eigenvalue weighted by molar-refractivity contribution is -0.0969. The van der Waals surface area contributed by atoms with Gasteiger partial charge in [0.25, 0.3) is 0 Å². The molecule has 0 fully saturated rings. The summed E-state index contributed by atoms with van der Waals surface area (Å²) in [4.78, 5) is 14.6. The third-order valence-corrected chi connectivity index (χ3v) is 1.96. The maximum atomic E-state index is 10.8. The molecule has 1 heterocycles. The number of carboxylic acids is 1. The highest BCUT2D eigenvalue weighted by molar-refractivity contribution is 5.87. The topological polar surface area (TPSA) is 68.7 Å². The van der Waals surface area contributed by atoms with E-state index in [2.05, 4.69) is 16.8 Å². The molecule has 0 aromatic carbocycles. The van der Waals surface area contributed by atoms with Crippen LogP contribution in [0.25, 0.3) is 0 Å². The van der Waals surface area contributed by atoms with Gasteiger partial charge in [-0.1, -0.05) is 5.92 Å². The molecule has 1 N–H and O–H groups in total. The molecular weight excluding hydrogens is 234 g/mol. The Morgan fingerprint density at radius 2 is 2.06 bits per heavy atom. The van der Waals surface area contributed by atoms with Crippen LogP contribution in [0.4, 0.5) is 0 Å². The maximum absolute atomic E-state index is 10.8. The maximum Gasteiger partial charge on any atom is 0.337 e. The van der Waals surface area contributed by atoms with Gasteiger partial charge in [-0.3, -0.25) is 4.98 Å². The second kappa shape index (κ2) is 7.43. The zero-order chi connectivity index (χ0) is 13.4. The first-order chi connectivity index (χ1) is 8.67. The molecule has 0 unspecified atom stereocenters. The molecule has 0 amide bonds. The molecule has 0 aliphatic rings. The number of pyridine rings is 1. The molecule has 0 saturated carbocycles. The van der Waals surface area contributed by atoms with Crippen LogP contribution in [0.2, 0.25) is 0 Å². The zero-order valence-corrected chi connectivity index (χ0v) is 10.3. The lowest BCUT2D eigenvalue weighted by Crippen LogP contribution is -2.14. The summed E-state index contributed by atoms with van der Waals surface area (Å²) in [6.07, 6.45) is 2.17. The molecule has 0 bridgehead atoms. The van der Waals surface area contributed by atoms with Crippen molar-refractivity contribution in [1.82, 2.24) is 4.98 Å². The quantitative estimate of drug-likeness (QED) is 0.633. The molecule has 18 heavy (non-hydrogen) atoms. The van der Waals surface area contributed by atoms with Gasteiger partial charge in [-0.15, -0.1) is 0 Å². The molecule has 5 heteroatoms. The van der Waals surface area contributed by atoms with Crippen LogP contribution in [0, 0.1) is 11.8 Å². The van der Waals surface area contributed by atoms with Crippen molar-refractivity contribution in [3.05, 3.63) is 29.6 Å². The van der Waals surface area contributed by atoms with Crippen LogP contribution in [0.15, 0.2) is 18.5 Å². The molecule has 5 nitrogen and oxygen atoms in total. The normalized spacial score (nSPS) is 9.94. The lowest BCUT2D eigenvalue weighted by atomic mass is 10.2. The number of nitrogens with zero attached hydrogens (tertiary/aromatic N) is 1. The summed E-state index contributed by atoms with van der Waals surface area (Å²) < 4.78 is 10.5. The highest BCUT2D eigenvalue weighted by Crippen LogP contribution is 2.02. The Bertz CT molecular complexity index is 456. The van der Waals surface area contributed by atoms with Gasteiger partial charge >= 0.3 is 5.97 Å². The second-order valence-electron chi connectivity index (χ2n) is 3.28. The van der Waals surface area contributed by atoms with Gasteiger partial charge < -0.3 is 14.6 Å². The van der Waals surface area contributed by atoms with Crippen LogP contribution in [-0.4, -0.2) is 35.6 Å². The molecule has 0 radical (unpaired) electrons. The van der Waals surface area contributed by atoms with Gasteiger partial charge in [0.2, 0.25) is 6.29 Å². The monoisotopic (exact) mass is 249 g/mol. The molecular formula is C13H15NO4. The van der Waals surface area contributed by atoms with Crippen molar-refractivity contribution in [1.29, 1.82) is 0 Å². The fourth-order valence-corrected chi connectivity index (χ4v) is 1.20. The first kappa shape index (κ1) is 14.2. The summed E-state index contributed by atoms with van der Waals surface area (Å²) >= 11 is 0. The smallest absolute Gasteiger partial charge is 0.337 e. The Balaban J connectivity index is 2.82. The number of aromatic nitrogens is 1. The van der Waals surface area contributed by atoms with E-state index in [1.54, 1.807) is 0 Å². The Kier molecular flexibility index (Phi) is 5.85. The number of hydrogen-bond donors (Lipinski definition) is 1. The lowest BCUT2D eigenvalue weighted by Gasteiger charge is -2.09. The van der Waals surface area contributed by atoms with E-state index in [0.717, 1.165) is 0 Å². The van der Waals surface area contributed by atoms with Crippen molar-refractivity contribution in [2.75, 3.05) is 13.2 Å². The van der Waals surface area contributed by atoms with Crippen LogP contribution < -0.4 is 0 Å². The molecule has 0 atom stereocenters. The molecule has 1 aromatic heterocycles. The standard InChI is InChI=1S/C13H15NO4/c1-3-17-12(18-4-2)6-5-10-7-11(13(15)16)9-14-8-10/h7-9,12H,3-4H2,1-2H3,(H,15,16). The third kappa shape index (κ3) is 4.53. The summed E-state index contributed by atoms with van der Waals surface area (Å²) in [7, 11) is 0. The Morgan fingerprint density at radius 3 is 2.61 bits per heavy atom. The van der Waals surface area contributed by atoms with Gasteiger partial charge in [-0.05, 0) is 25.8 Å². The summed E-state index contributed by atoms with van der Waals surface area (Å²) in [5.74, 6) is 4.53. The van der Waals surface area contributed by atoms with Crippen LogP contribution in [0.3, 0.4) is 0 Å². The average Bonchev–Trinajstić information content (AvgIpc) is 2.37. The molecule has 96 valence electrons. The van der Waals surface area contributed by atoms with Crippen LogP contribution >= 0.6 is 0 Å². The summed E-state index contributed by atoms with van der Waals surface area (Å²) in [5, 5.41) is 8.82. The first-order valence-corrected chi connectivity index (χ1v) is 5.60. The Labute approximate surface area is 106 Å². The van der Waals surface area contributed by atoms with Crippen molar-refractivity contribution in [2.45, 2.75) is 20.1 Å². The molecule has 0 aliphatic carbocycles. The van der Waals surface area contributed by atoms with Crippen molar-refractivity contribution < 1.29 is 19.4 Å². The molecule has 1 aromatic rings. The third-order valence-electron chi connectivity index (χ3n) is 1.96. The van der Waals surface area contributed by atoms with Gasteiger partial charge in [0, 0.05) is 31.2 Å². The minimum atomic E-state index is -1.03. The number of carboxylic acid groups (broad SMARTS) is 1. The number of hydrogen-bond acceptors (Lipinski definition) is 4. The van der Waals surface area contributed by atoms with E-state index in [-0.39, 0.29) is 5.56 Å². The first-order valence-electron chi connectivity index (χ1n) is 5.60. The predicted octanol–water partition coefficient (Wildman–Crippen LogP) is 1.53. The van der Waals surface area contributed by atoms with Crippen molar-refractivity contribution >= 4 is 5.97 Å². The fraction of sp³-hybridized carbons (Fsp3) is 0.385. The number of aromatic carboxylic acids is 1. The van der Waals surface area contributed by atoms with Gasteiger partial charge in [-0.25, -0.2) is 4.79 Å². The van der Waals surface area contributed by atoms with E-state index in [1.807, 2.05) is 13.8 Å². The number of rotatable bonds is 5. The predicted molar refractivity (Wildman–Crippen MR) is 65.1 cm³/mol. The van der Waals surface area contributed by atoms with Crippen molar-refractivity contribution in [3.63, 3.8) is 0 Å². The largest absolute Gasteiger partial charge is 0.478 e. The minimum absolute atomic E-state index is 0.103.